The number of carbonyl (C=O) groups is 2. The lowest BCUT2D eigenvalue weighted by molar-refractivity contribution is -0.148. The smallest absolute Gasteiger partial charge is 0.329 e. The zero-order chi connectivity index (χ0) is 13.3. The van der Waals surface area contributed by atoms with E-state index in [4.69, 9.17) is 5.11 Å². The highest BCUT2D eigenvalue weighted by atomic mass is 16.4. The minimum absolute atomic E-state index is 0.219. The van der Waals surface area contributed by atoms with E-state index in [0.717, 1.165) is 6.42 Å². The Kier molecular flexibility index (Phi) is 2.94. The molecular weight excluding hydrogens is 236 g/mol. The second-order valence-corrected chi connectivity index (χ2v) is 4.56. The van der Waals surface area contributed by atoms with Gasteiger partial charge in [0, 0.05) is 19.3 Å². The number of carboxylic acid groups (broad SMARTS) is 1. The molecule has 1 aliphatic carbocycles. The molecule has 0 aromatic carbocycles. The summed E-state index contributed by atoms with van der Waals surface area (Å²) in [6.45, 7) is 0. The Bertz CT molecular complexity index is 557. The average molecular weight is 250 g/mol. The summed E-state index contributed by atoms with van der Waals surface area (Å²) in [4.78, 5) is 34.2. The number of aryl methyl sites for hydroxylation is 1. The van der Waals surface area contributed by atoms with Crippen molar-refractivity contribution < 1.29 is 14.7 Å². The van der Waals surface area contributed by atoms with E-state index in [2.05, 4.69) is 5.32 Å². The van der Waals surface area contributed by atoms with Crippen LogP contribution in [0.5, 0.6) is 0 Å². The van der Waals surface area contributed by atoms with Crippen molar-refractivity contribution in [1.29, 1.82) is 0 Å². The van der Waals surface area contributed by atoms with Crippen LogP contribution in [0.15, 0.2) is 23.1 Å². The minimum atomic E-state index is -1.13. The van der Waals surface area contributed by atoms with Crippen LogP contribution < -0.4 is 10.9 Å². The van der Waals surface area contributed by atoms with Gasteiger partial charge < -0.3 is 15.0 Å². The Hall–Kier alpha value is -2.11. The van der Waals surface area contributed by atoms with Gasteiger partial charge in [0.25, 0.3) is 5.91 Å². The molecule has 1 heterocycles. The van der Waals surface area contributed by atoms with E-state index < -0.39 is 17.4 Å². The zero-order valence-corrected chi connectivity index (χ0v) is 9.97. The predicted octanol–water partition coefficient (Wildman–Crippen LogP) is 0.122. The highest BCUT2D eigenvalue weighted by molar-refractivity contribution is 5.97. The molecule has 1 aromatic rings. The molecule has 1 amide bonds. The molecule has 1 aliphatic rings. The molecule has 0 unspecified atom stereocenters. The Morgan fingerprint density at radius 1 is 1.39 bits per heavy atom. The van der Waals surface area contributed by atoms with Crippen molar-refractivity contribution in [3.8, 4) is 0 Å². The van der Waals surface area contributed by atoms with Crippen LogP contribution in [0.4, 0.5) is 0 Å². The molecular formula is C12H14N2O4. The van der Waals surface area contributed by atoms with Gasteiger partial charge in [0.2, 0.25) is 5.56 Å². The topological polar surface area (TPSA) is 88.4 Å². The van der Waals surface area contributed by atoms with Crippen LogP contribution in [-0.2, 0) is 11.8 Å². The number of carbonyl (C=O) groups excluding carboxylic acids is 1. The molecule has 0 atom stereocenters. The van der Waals surface area contributed by atoms with Crippen LogP contribution in [0.2, 0.25) is 0 Å². The van der Waals surface area contributed by atoms with Crippen LogP contribution in [0.1, 0.15) is 29.6 Å². The number of amides is 1. The molecule has 2 rings (SSSR count). The number of hydrogen-bond acceptors (Lipinski definition) is 3. The lowest BCUT2D eigenvalue weighted by Gasteiger charge is -2.38. The quantitative estimate of drug-likeness (QED) is 0.797. The second-order valence-electron chi connectivity index (χ2n) is 4.56. The first-order valence-electron chi connectivity index (χ1n) is 5.67. The molecule has 6 heteroatoms. The normalized spacial score (nSPS) is 16.7. The number of aliphatic carboxylic acids is 1. The van der Waals surface area contributed by atoms with Crippen molar-refractivity contribution in [1.82, 2.24) is 9.88 Å². The first kappa shape index (κ1) is 12.3. The van der Waals surface area contributed by atoms with Crippen LogP contribution >= 0.6 is 0 Å². The fraction of sp³-hybridized carbons (Fsp3) is 0.417. The molecule has 6 nitrogen and oxygen atoms in total. The zero-order valence-electron chi connectivity index (χ0n) is 9.97. The van der Waals surface area contributed by atoms with Gasteiger partial charge in [-0.3, -0.25) is 9.59 Å². The van der Waals surface area contributed by atoms with Crippen molar-refractivity contribution in [3.63, 3.8) is 0 Å². The van der Waals surface area contributed by atoms with Gasteiger partial charge in [-0.1, -0.05) is 0 Å². The number of nitrogens with zero attached hydrogens (tertiary/aromatic N) is 1. The summed E-state index contributed by atoms with van der Waals surface area (Å²) in [5.41, 5.74) is -1.07. The van der Waals surface area contributed by atoms with E-state index in [1.165, 1.54) is 29.9 Å². The van der Waals surface area contributed by atoms with Crippen molar-refractivity contribution in [3.05, 3.63) is 34.2 Å². The standard InChI is InChI=1S/C12H14N2O4/c1-14-7-8(3-4-9(14)15)10(16)13-12(11(17)18)5-2-6-12/h3-4,7H,2,5-6H2,1H3,(H,13,16)(H,17,18). The van der Waals surface area contributed by atoms with Crippen LogP contribution in [0.25, 0.3) is 0 Å². The van der Waals surface area contributed by atoms with Crippen LogP contribution in [0.3, 0.4) is 0 Å². The number of nitrogens with one attached hydrogen (secondary N) is 1. The van der Waals surface area contributed by atoms with Gasteiger partial charge in [-0.25, -0.2) is 4.79 Å². The highest BCUT2D eigenvalue weighted by Crippen LogP contribution is 2.32. The number of hydrogen-bond donors (Lipinski definition) is 2. The van der Waals surface area contributed by atoms with Crippen LogP contribution in [-0.4, -0.2) is 27.1 Å². The van der Waals surface area contributed by atoms with Gasteiger partial charge in [-0.05, 0) is 25.3 Å². The molecule has 0 spiro atoms. The molecule has 0 bridgehead atoms. The third-order valence-corrected chi connectivity index (χ3v) is 3.32. The summed E-state index contributed by atoms with van der Waals surface area (Å²) in [7, 11) is 1.54. The summed E-state index contributed by atoms with van der Waals surface area (Å²) in [5.74, 6) is -1.47. The molecule has 1 fully saturated rings. The maximum Gasteiger partial charge on any atom is 0.329 e. The minimum Gasteiger partial charge on any atom is -0.480 e. The lowest BCUT2D eigenvalue weighted by atomic mass is 9.76. The van der Waals surface area contributed by atoms with E-state index in [-0.39, 0.29) is 11.1 Å². The highest BCUT2D eigenvalue weighted by Gasteiger charge is 2.45. The van der Waals surface area contributed by atoms with Crippen molar-refractivity contribution in [2.24, 2.45) is 7.05 Å². The fourth-order valence-electron chi connectivity index (χ4n) is 1.94. The van der Waals surface area contributed by atoms with Crippen LogP contribution in [0, 0.1) is 0 Å². The van der Waals surface area contributed by atoms with E-state index in [1.54, 1.807) is 0 Å². The van der Waals surface area contributed by atoms with E-state index in [0.29, 0.717) is 12.8 Å². The molecule has 1 aromatic heterocycles. The van der Waals surface area contributed by atoms with E-state index in [9.17, 15) is 14.4 Å². The molecule has 0 aliphatic heterocycles. The number of rotatable bonds is 3. The Morgan fingerprint density at radius 3 is 2.50 bits per heavy atom. The molecule has 1 saturated carbocycles. The maximum atomic E-state index is 11.9. The molecule has 18 heavy (non-hydrogen) atoms. The maximum absolute atomic E-state index is 11.9. The average Bonchev–Trinajstić information content (AvgIpc) is 2.26. The Balaban J connectivity index is 2.19. The van der Waals surface area contributed by atoms with E-state index in [1.807, 2.05) is 0 Å². The lowest BCUT2D eigenvalue weighted by Crippen LogP contribution is -2.59. The largest absolute Gasteiger partial charge is 0.480 e. The van der Waals surface area contributed by atoms with Crippen molar-refractivity contribution in [2.75, 3.05) is 0 Å². The summed E-state index contributed by atoms with van der Waals surface area (Å²) in [5, 5.41) is 11.6. The number of aromatic nitrogens is 1. The van der Waals surface area contributed by atoms with E-state index >= 15 is 0 Å². The van der Waals surface area contributed by atoms with Gasteiger partial charge >= 0.3 is 5.97 Å². The second kappa shape index (κ2) is 4.29. The summed E-state index contributed by atoms with van der Waals surface area (Å²) < 4.78 is 1.28. The third kappa shape index (κ3) is 2.01. The first-order chi connectivity index (χ1) is 8.44. The Labute approximate surface area is 103 Å². The number of pyridine rings is 1. The number of carboxylic acids is 1. The van der Waals surface area contributed by atoms with Gasteiger partial charge in [0.1, 0.15) is 5.54 Å². The van der Waals surface area contributed by atoms with Crippen molar-refractivity contribution >= 4 is 11.9 Å². The summed E-state index contributed by atoms with van der Waals surface area (Å²) in [6.07, 6.45) is 3.07. The monoisotopic (exact) mass is 250 g/mol. The van der Waals surface area contributed by atoms with Crippen molar-refractivity contribution in [2.45, 2.75) is 24.8 Å². The summed E-state index contributed by atoms with van der Waals surface area (Å²) >= 11 is 0. The van der Waals surface area contributed by atoms with Gasteiger partial charge in [-0.15, -0.1) is 0 Å². The van der Waals surface area contributed by atoms with Gasteiger partial charge in [0.05, 0.1) is 5.56 Å². The van der Waals surface area contributed by atoms with Gasteiger partial charge in [0.15, 0.2) is 0 Å². The predicted molar refractivity (Wildman–Crippen MR) is 63.4 cm³/mol. The molecule has 2 N–H and O–H groups in total. The SMILES string of the molecule is Cn1cc(C(=O)NC2(C(=O)O)CCC2)ccc1=O. The fourth-order valence-corrected chi connectivity index (χ4v) is 1.94. The molecule has 0 saturated heterocycles. The Morgan fingerprint density at radius 2 is 2.06 bits per heavy atom. The van der Waals surface area contributed by atoms with Gasteiger partial charge in [-0.2, -0.15) is 0 Å². The summed E-state index contributed by atoms with van der Waals surface area (Å²) in [6, 6.07) is 2.68. The third-order valence-electron chi connectivity index (χ3n) is 3.32. The first-order valence-corrected chi connectivity index (χ1v) is 5.67. The molecule has 96 valence electrons. The molecule has 0 radical (unpaired) electrons.